The number of hydrogen-bond acceptors (Lipinski definition) is 1. The van der Waals surface area contributed by atoms with Crippen LogP contribution in [0.4, 0.5) is 0 Å². The average Bonchev–Trinajstić information content (AvgIpc) is 2.41. The largest absolute Gasteiger partial charge is 0.261 e. The first kappa shape index (κ1) is 14.5. The van der Waals surface area contributed by atoms with E-state index in [9.17, 15) is 0 Å². The van der Waals surface area contributed by atoms with Crippen LogP contribution in [0, 0.1) is 3.57 Å². The molecule has 2 aromatic rings. The fraction of sp³-hybridized carbons (Fsp3) is 0.214. The molecule has 0 fully saturated rings. The lowest BCUT2D eigenvalue weighted by Gasteiger charge is -2.19. The molecule has 0 N–H and O–H groups in total. The van der Waals surface area contributed by atoms with Gasteiger partial charge in [0.25, 0.3) is 0 Å². The van der Waals surface area contributed by atoms with E-state index >= 15 is 0 Å². The Bertz CT molecular complexity index is 531. The van der Waals surface area contributed by atoms with Gasteiger partial charge in [-0.1, -0.05) is 44.8 Å². The van der Waals surface area contributed by atoms with Crippen molar-refractivity contribution < 1.29 is 0 Å². The van der Waals surface area contributed by atoms with Crippen LogP contribution in [0.2, 0.25) is 0 Å². The molecule has 2 rings (SSSR count). The zero-order valence-corrected chi connectivity index (χ0v) is 15.1. The van der Waals surface area contributed by atoms with E-state index in [4.69, 9.17) is 0 Å². The lowest BCUT2D eigenvalue weighted by molar-refractivity contribution is 0.722. The van der Waals surface area contributed by atoms with E-state index in [2.05, 4.69) is 90.6 Å². The van der Waals surface area contributed by atoms with Gasteiger partial charge in [0, 0.05) is 30.7 Å². The molecule has 0 saturated heterocycles. The van der Waals surface area contributed by atoms with Crippen molar-refractivity contribution in [2.75, 3.05) is 0 Å². The summed E-state index contributed by atoms with van der Waals surface area (Å²) in [5.41, 5.74) is 2.37. The van der Waals surface area contributed by atoms with Crippen molar-refractivity contribution >= 4 is 54.5 Å². The van der Waals surface area contributed by atoms with Crippen molar-refractivity contribution in [3.8, 4) is 0 Å². The van der Waals surface area contributed by atoms with E-state index in [0.29, 0.717) is 5.92 Å². The maximum absolute atomic E-state index is 4.43. The third-order valence-corrected chi connectivity index (χ3v) is 5.53. The van der Waals surface area contributed by atoms with Crippen LogP contribution in [0.25, 0.3) is 0 Å². The highest BCUT2D eigenvalue weighted by Gasteiger charge is 2.21. The van der Waals surface area contributed by atoms with Crippen molar-refractivity contribution in [3.05, 3.63) is 61.9 Å². The zero-order valence-electron chi connectivity index (χ0n) is 9.78. The van der Waals surface area contributed by atoms with Gasteiger partial charge in [-0.05, 0) is 58.5 Å². The van der Waals surface area contributed by atoms with Crippen LogP contribution >= 0.6 is 54.5 Å². The highest BCUT2D eigenvalue weighted by Crippen LogP contribution is 2.40. The smallest absolute Gasteiger partial charge is 0.0487 e. The fourth-order valence-electron chi connectivity index (χ4n) is 1.79. The summed E-state index contributed by atoms with van der Waals surface area (Å²) < 4.78 is 2.37. The topological polar surface area (TPSA) is 12.9 Å². The van der Waals surface area contributed by atoms with Crippen molar-refractivity contribution in [3.63, 3.8) is 0 Å². The quantitative estimate of drug-likeness (QED) is 0.406. The number of aromatic nitrogens is 1. The van der Waals surface area contributed by atoms with Crippen molar-refractivity contribution in [1.82, 2.24) is 4.98 Å². The van der Waals surface area contributed by atoms with Crippen molar-refractivity contribution in [2.24, 2.45) is 0 Å². The molecule has 1 aromatic carbocycles. The van der Waals surface area contributed by atoms with Crippen molar-refractivity contribution in [1.29, 1.82) is 0 Å². The summed E-state index contributed by atoms with van der Waals surface area (Å²) in [5, 5.41) is 0. The summed E-state index contributed by atoms with van der Waals surface area (Å²) in [6, 6.07) is 12.4. The van der Waals surface area contributed by atoms with Gasteiger partial charge in [0.2, 0.25) is 0 Å². The molecule has 2 unspecified atom stereocenters. The van der Waals surface area contributed by atoms with Gasteiger partial charge in [0.1, 0.15) is 0 Å². The number of hydrogen-bond donors (Lipinski definition) is 0. The van der Waals surface area contributed by atoms with Crippen molar-refractivity contribution in [2.45, 2.75) is 17.7 Å². The van der Waals surface area contributed by atoms with Crippen LogP contribution < -0.4 is 0 Å². The summed E-state index contributed by atoms with van der Waals surface area (Å²) >= 11 is 9.75. The molecule has 2 atom stereocenters. The zero-order chi connectivity index (χ0) is 13.1. The Morgan fingerprint density at radius 1 is 1.22 bits per heavy atom. The maximum Gasteiger partial charge on any atom is 0.0487 e. The third kappa shape index (κ3) is 3.33. The Kier molecular flexibility index (Phi) is 5.21. The highest BCUT2D eigenvalue weighted by molar-refractivity contribution is 14.1. The van der Waals surface area contributed by atoms with E-state index < -0.39 is 0 Å². The van der Waals surface area contributed by atoms with Crippen LogP contribution in [0.15, 0.2) is 47.1 Å². The summed E-state index contributed by atoms with van der Waals surface area (Å²) in [6.45, 7) is 2.19. The Hall–Kier alpha value is 0.0600. The second kappa shape index (κ2) is 6.48. The van der Waals surface area contributed by atoms with Gasteiger partial charge >= 0.3 is 0 Å². The minimum atomic E-state index is 0.247. The first-order valence-corrected chi connectivity index (χ1v) is 8.38. The molecule has 0 aliphatic rings. The lowest BCUT2D eigenvalue weighted by Crippen LogP contribution is -2.05. The van der Waals surface area contributed by atoms with Crippen LogP contribution in [-0.4, -0.2) is 4.98 Å². The van der Waals surface area contributed by atoms with Gasteiger partial charge in [-0.2, -0.15) is 0 Å². The van der Waals surface area contributed by atoms with E-state index in [1.54, 1.807) is 0 Å². The number of nitrogens with zero attached hydrogens (tertiary/aromatic N) is 1. The number of benzene rings is 1. The standard InChI is InChI=1S/C14H12Br2IN/c1-9(13-4-2-3-7-18-13)14(16)11-8-10(17)5-6-12(11)15/h2-9,14H,1H3. The van der Waals surface area contributed by atoms with E-state index in [-0.39, 0.29) is 4.83 Å². The van der Waals surface area contributed by atoms with Gasteiger partial charge in [-0.3, -0.25) is 4.98 Å². The minimum Gasteiger partial charge on any atom is -0.261 e. The molecule has 18 heavy (non-hydrogen) atoms. The molecule has 0 aliphatic carbocycles. The fourth-order valence-corrected chi connectivity index (χ4v) is 3.76. The number of pyridine rings is 1. The summed E-state index contributed by atoms with van der Waals surface area (Å²) in [6.07, 6.45) is 1.84. The number of alkyl halides is 1. The van der Waals surface area contributed by atoms with E-state index in [0.717, 1.165) is 10.2 Å². The van der Waals surface area contributed by atoms with Gasteiger partial charge < -0.3 is 0 Å². The molecule has 0 aliphatic heterocycles. The predicted molar refractivity (Wildman–Crippen MR) is 91.2 cm³/mol. The number of rotatable bonds is 3. The first-order chi connectivity index (χ1) is 8.59. The SMILES string of the molecule is CC(c1ccccn1)C(Br)c1cc(I)ccc1Br. The molecule has 0 spiro atoms. The first-order valence-electron chi connectivity index (χ1n) is 5.59. The predicted octanol–water partition coefficient (Wildman–Crippen LogP) is 5.69. The number of halogens is 3. The summed E-state index contributed by atoms with van der Waals surface area (Å²) in [7, 11) is 0. The van der Waals surface area contributed by atoms with E-state index in [1.807, 2.05) is 18.3 Å². The lowest BCUT2D eigenvalue weighted by atomic mass is 9.97. The maximum atomic E-state index is 4.43. The molecule has 0 amide bonds. The van der Waals surface area contributed by atoms with Crippen LogP contribution in [-0.2, 0) is 0 Å². The molecule has 0 bridgehead atoms. The normalized spacial score (nSPS) is 14.2. The monoisotopic (exact) mass is 479 g/mol. The van der Waals surface area contributed by atoms with Gasteiger partial charge in [-0.15, -0.1) is 0 Å². The van der Waals surface area contributed by atoms with Gasteiger partial charge in [-0.25, -0.2) is 0 Å². The molecule has 94 valence electrons. The highest BCUT2D eigenvalue weighted by atomic mass is 127. The Balaban J connectivity index is 2.31. The second-order valence-corrected chi connectivity index (χ2v) is 7.20. The van der Waals surface area contributed by atoms with E-state index in [1.165, 1.54) is 9.13 Å². The molecule has 0 radical (unpaired) electrons. The molecule has 4 heteroatoms. The Morgan fingerprint density at radius 3 is 2.67 bits per heavy atom. The minimum absolute atomic E-state index is 0.247. The second-order valence-electron chi connectivity index (χ2n) is 4.11. The summed E-state index contributed by atoms with van der Waals surface area (Å²) in [5.74, 6) is 0.320. The molecule has 1 aromatic heterocycles. The Labute approximate surface area is 138 Å². The molecular weight excluding hydrogens is 469 g/mol. The van der Waals surface area contributed by atoms with Crippen LogP contribution in [0.3, 0.4) is 0 Å². The van der Waals surface area contributed by atoms with Gasteiger partial charge in [0.05, 0.1) is 0 Å². The summed E-state index contributed by atoms with van der Waals surface area (Å²) in [4.78, 5) is 4.68. The average molecular weight is 481 g/mol. The third-order valence-electron chi connectivity index (χ3n) is 2.85. The Morgan fingerprint density at radius 2 is 2.00 bits per heavy atom. The van der Waals surface area contributed by atoms with Crippen LogP contribution in [0.1, 0.15) is 28.9 Å². The molecule has 1 nitrogen and oxygen atoms in total. The van der Waals surface area contributed by atoms with Crippen LogP contribution in [0.5, 0.6) is 0 Å². The molecule has 1 heterocycles. The molecular formula is C14H12Br2IN. The molecule has 0 saturated carbocycles. The van der Waals surface area contributed by atoms with Gasteiger partial charge in [0.15, 0.2) is 0 Å².